The first-order valence-electron chi connectivity index (χ1n) is 10.0. The van der Waals surface area contributed by atoms with Gasteiger partial charge >= 0.3 is 0 Å². The number of rotatable bonds is 6. The SMILES string of the molecule is COc1ccc(-c2csc(NC(=O)C3CCCN(S(=O)(=O)c4ccc(F)cc4)C3)n2)cc1. The molecular formula is C22H22FN3O4S2. The van der Waals surface area contributed by atoms with Gasteiger partial charge in [0.1, 0.15) is 11.6 Å². The number of thiazole rings is 1. The smallest absolute Gasteiger partial charge is 0.243 e. The summed E-state index contributed by atoms with van der Waals surface area (Å²) in [6.07, 6.45) is 1.14. The van der Waals surface area contributed by atoms with Crippen LogP contribution in [0.2, 0.25) is 0 Å². The highest BCUT2D eigenvalue weighted by molar-refractivity contribution is 7.89. The minimum atomic E-state index is -3.79. The van der Waals surface area contributed by atoms with E-state index < -0.39 is 21.8 Å². The molecule has 32 heavy (non-hydrogen) atoms. The molecule has 1 aliphatic rings. The molecule has 7 nitrogen and oxygen atoms in total. The van der Waals surface area contributed by atoms with E-state index in [9.17, 15) is 17.6 Å². The van der Waals surface area contributed by atoms with Crippen LogP contribution < -0.4 is 10.1 Å². The molecule has 2 heterocycles. The number of halogens is 1. The lowest BCUT2D eigenvalue weighted by atomic mass is 9.99. The molecule has 4 rings (SSSR count). The van der Waals surface area contributed by atoms with Gasteiger partial charge in [-0.25, -0.2) is 17.8 Å². The van der Waals surface area contributed by atoms with Crippen LogP contribution in [0.1, 0.15) is 12.8 Å². The van der Waals surface area contributed by atoms with E-state index in [2.05, 4.69) is 10.3 Å². The van der Waals surface area contributed by atoms with Gasteiger partial charge in [0, 0.05) is 24.0 Å². The number of benzene rings is 2. The van der Waals surface area contributed by atoms with Gasteiger partial charge in [0.15, 0.2) is 5.13 Å². The number of hydrogen-bond donors (Lipinski definition) is 1. The molecule has 0 radical (unpaired) electrons. The molecule has 0 saturated carbocycles. The fraction of sp³-hybridized carbons (Fsp3) is 0.273. The largest absolute Gasteiger partial charge is 0.497 e. The summed E-state index contributed by atoms with van der Waals surface area (Å²) in [5, 5.41) is 5.12. The molecule has 1 fully saturated rings. The Labute approximate surface area is 189 Å². The van der Waals surface area contributed by atoms with Crippen LogP contribution >= 0.6 is 11.3 Å². The summed E-state index contributed by atoms with van der Waals surface area (Å²) in [6, 6.07) is 12.2. The first-order valence-corrected chi connectivity index (χ1v) is 12.4. The van der Waals surface area contributed by atoms with E-state index in [1.807, 2.05) is 29.6 Å². The van der Waals surface area contributed by atoms with E-state index >= 15 is 0 Å². The number of hydrogen-bond acceptors (Lipinski definition) is 6. The lowest BCUT2D eigenvalue weighted by Gasteiger charge is -2.31. The van der Waals surface area contributed by atoms with E-state index in [-0.39, 0.29) is 17.3 Å². The highest BCUT2D eigenvalue weighted by Gasteiger charge is 2.33. The van der Waals surface area contributed by atoms with Crippen molar-refractivity contribution in [1.82, 2.24) is 9.29 Å². The Hall–Kier alpha value is -2.82. The zero-order chi connectivity index (χ0) is 22.7. The lowest BCUT2D eigenvalue weighted by Crippen LogP contribution is -2.43. The molecular weight excluding hydrogens is 453 g/mol. The van der Waals surface area contributed by atoms with Crippen LogP contribution in [-0.4, -0.2) is 43.8 Å². The standard InChI is InChI=1S/C22H22FN3O4S2/c1-30-18-8-4-15(5-9-18)20-14-31-22(24-20)25-21(27)16-3-2-12-26(13-16)32(28,29)19-10-6-17(23)7-11-19/h4-11,14,16H,2-3,12-13H2,1H3,(H,24,25,27). The van der Waals surface area contributed by atoms with Crippen molar-refractivity contribution < 1.29 is 22.3 Å². The number of nitrogens with zero attached hydrogens (tertiary/aromatic N) is 2. The summed E-state index contributed by atoms with van der Waals surface area (Å²) in [4.78, 5) is 17.3. The van der Waals surface area contributed by atoms with Crippen molar-refractivity contribution in [3.8, 4) is 17.0 Å². The number of ether oxygens (including phenoxy) is 1. The topological polar surface area (TPSA) is 88.6 Å². The van der Waals surface area contributed by atoms with E-state index in [0.717, 1.165) is 29.1 Å². The first-order chi connectivity index (χ1) is 15.4. The van der Waals surface area contributed by atoms with Crippen molar-refractivity contribution in [2.24, 2.45) is 5.92 Å². The number of methoxy groups -OCH3 is 1. The second kappa shape index (κ2) is 9.35. The van der Waals surface area contributed by atoms with Crippen molar-refractivity contribution >= 4 is 32.4 Å². The Morgan fingerprint density at radius 3 is 2.59 bits per heavy atom. The van der Waals surface area contributed by atoms with E-state index in [0.29, 0.717) is 24.5 Å². The van der Waals surface area contributed by atoms with Gasteiger partial charge in [0.05, 0.1) is 23.6 Å². The lowest BCUT2D eigenvalue weighted by molar-refractivity contribution is -0.120. The van der Waals surface area contributed by atoms with Crippen molar-refractivity contribution in [3.63, 3.8) is 0 Å². The maximum absolute atomic E-state index is 13.2. The van der Waals surface area contributed by atoms with Crippen molar-refractivity contribution in [2.75, 3.05) is 25.5 Å². The quantitative estimate of drug-likeness (QED) is 0.582. The van der Waals surface area contributed by atoms with Gasteiger partial charge in [-0.3, -0.25) is 4.79 Å². The molecule has 10 heteroatoms. The highest BCUT2D eigenvalue weighted by Crippen LogP contribution is 2.28. The van der Waals surface area contributed by atoms with Crippen LogP contribution in [-0.2, 0) is 14.8 Å². The second-order valence-corrected chi connectivity index (χ2v) is 10.2. The van der Waals surface area contributed by atoms with Gasteiger partial charge in [-0.2, -0.15) is 4.31 Å². The Morgan fingerprint density at radius 1 is 1.19 bits per heavy atom. The molecule has 0 aliphatic carbocycles. The predicted octanol–water partition coefficient (Wildman–Crippen LogP) is 4.00. The molecule has 1 amide bonds. The van der Waals surface area contributed by atoms with E-state index in [1.54, 1.807) is 7.11 Å². The fourth-order valence-corrected chi connectivity index (χ4v) is 5.81. The van der Waals surface area contributed by atoms with Gasteiger partial charge in [-0.1, -0.05) is 0 Å². The van der Waals surface area contributed by atoms with Crippen LogP contribution in [0.15, 0.2) is 58.8 Å². The summed E-state index contributed by atoms with van der Waals surface area (Å²) in [5.74, 6) is -0.515. The molecule has 1 aliphatic heterocycles. The third-order valence-corrected chi connectivity index (χ3v) is 7.96. The molecule has 1 aromatic heterocycles. The Balaban J connectivity index is 1.42. The molecule has 1 unspecified atom stereocenters. The number of carbonyl (C=O) groups excluding carboxylic acids is 1. The molecule has 1 N–H and O–H groups in total. The summed E-state index contributed by atoms with van der Waals surface area (Å²) in [7, 11) is -2.19. The molecule has 168 valence electrons. The van der Waals surface area contributed by atoms with Gasteiger partial charge in [-0.05, 0) is 61.4 Å². The van der Waals surface area contributed by atoms with Crippen LogP contribution in [0.5, 0.6) is 5.75 Å². The number of sulfonamides is 1. The average Bonchev–Trinajstić information content (AvgIpc) is 3.28. The van der Waals surface area contributed by atoms with Crippen LogP contribution in [0, 0.1) is 11.7 Å². The summed E-state index contributed by atoms with van der Waals surface area (Å²) >= 11 is 1.31. The number of amides is 1. The molecule has 3 aromatic rings. The molecule has 1 saturated heterocycles. The maximum Gasteiger partial charge on any atom is 0.243 e. The third-order valence-electron chi connectivity index (χ3n) is 5.33. The zero-order valence-corrected chi connectivity index (χ0v) is 19.0. The third kappa shape index (κ3) is 4.82. The van der Waals surface area contributed by atoms with Crippen molar-refractivity contribution in [3.05, 3.63) is 59.7 Å². The van der Waals surface area contributed by atoms with Crippen LogP contribution in [0.25, 0.3) is 11.3 Å². The summed E-state index contributed by atoms with van der Waals surface area (Å²) in [6.45, 7) is 0.393. The van der Waals surface area contributed by atoms with Gasteiger partial charge in [0.25, 0.3) is 0 Å². The normalized spacial score (nSPS) is 17.1. The van der Waals surface area contributed by atoms with Gasteiger partial charge < -0.3 is 10.1 Å². The van der Waals surface area contributed by atoms with E-state index in [4.69, 9.17) is 4.74 Å². The second-order valence-electron chi connectivity index (χ2n) is 7.41. The number of nitrogens with one attached hydrogen (secondary N) is 1. The predicted molar refractivity (Wildman–Crippen MR) is 121 cm³/mol. The number of aromatic nitrogens is 1. The monoisotopic (exact) mass is 475 g/mol. The fourth-order valence-electron chi connectivity index (χ4n) is 3.56. The molecule has 0 spiro atoms. The summed E-state index contributed by atoms with van der Waals surface area (Å²) in [5.41, 5.74) is 1.63. The summed E-state index contributed by atoms with van der Waals surface area (Å²) < 4.78 is 45.4. The minimum absolute atomic E-state index is 0.0176. The van der Waals surface area contributed by atoms with Crippen LogP contribution in [0.3, 0.4) is 0 Å². The van der Waals surface area contributed by atoms with Crippen LogP contribution in [0.4, 0.5) is 9.52 Å². The number of anilines is 1. The maximum atomic E-state index is 13.2. The minimum Gasteiger partial charge on any atom is -0.497 e. The van der Waals surface area contributed by atoms with E-state index in [1.165, 1.54) is 27.8 Å². The van der Waals surface area contributed by atoms with Gasteiger partial charge in [0.2, 0.25) is 15.9 Å². The Bertz CT molecular complexity index is 1190. The first kappa shape index (κ1) is 22.4. The number of carbonyl (C=O) groups is 1. The Morgan fingerprint density at radius 2 is 1.91 bits per heavy atom. The van der Waals surface area contributed by atoms with Crippen molar-refractivity contribution in [1.29, 1.82) is 0 Å². The molecule has 1 atom stereocenters. The molecule has 0 bridgehead atoms. The molecule has 2 aromatic carbocycles. The van der Waals surface area contributed by atoms with Crippen molar-refractivity contribution in [2.45, 2.75) is 17.7 Å². The number of piperidine rings is 1. The highest BCUT2D eigenvalue weighted by atomic mass is 32.2. The average molecular weight is 476 g/mol. The zero-order valence-electron chi connectivity index (χ0n) is 17.3. The Kier molecular flexibility index (Phi) is 6.54. The van der Waals surface area contributed by atoms with Gasteiger partial charge in [-0.15, -0.1) is 11.3 Å².